The highest BCUT2D eigenvalue weighted by atomic mass is 16.6. The van der Waals surface area contributed by atoms with Crippen molar-refractivity contribution >= 4 is 6.09 Å². The van der Waals surface area contributed by atoms with E-state index in [2.05, 4.69) is 15.9 Å². The van der Waals surface area contributed by atoms with E-state index < -0.39 is 6.09 Å². The summed E-state index contributed by atoms with van der Waals surface area (Å²) in [6, 6.07) is 1.69. The molecule has 5 heteroatoms. The van der Waals surface area contributed by atoms with E-state index in [0.29, 0.717) is 12.4 Å². The molecule has 0 aliphatic rings. The summed E-state index contributed by atoms with van der Waals surface area (Å²) in [6.07, 6.45) is 7.81. The topological polar surface area (TPSA) is 55.3 Å². The van der Waals surface area contributed by atoms with Crippen molar-refractivity contribution in [1.29, 1.82) is 0 Å². The Hall–Kier alpha value is -2.09. The molecule has 1 radical (unpaired) electrons. The van der Waals surface area contributed by atoms with Crippen molar-refractivity contribution in [3.05, 3.63) is 30.8 Å². The zero-order valence-corrected chi connectivity index (χ0v) is 8.96. The van der Waals surface area contributed by atoms with Crippen LogP contribution >= 0.6 is 0 Å². The Morgan fingerprint density at radius 1 is 1.62 bits per heavy atom. The van der Waals surface area contributed by atoms with Crippen LogP contribution in [-0.4, -0.2) is 34.1 Å². The Labute approximate surface area is 94.5 Å². The second kappa shape index (κ2) is 6.40. The van der Waals surface area contributed by atoms with Crippen molar-refractivity contribution in [1.82, 2.24) is 14.9 Å². The van der Waals surface area contributed by atoms with Crippen LogP contribution in [0.1, 0.15) is 12.7 Å². The maximum absolute atomic E-state index is 11.5. The van der Waals surface area contributed by atoms with Gasteiger partial charge in [0.2, 0.25) is 0 Å². The Kier molecular flexibility index (Phi) is 4.80. The molecule has 1 amide bonds. The predicted octanol–water partition coefficient (Wildman–Crippen LogP) is 1.08. The lowest BCUT2D eigenvalue weighted by molar-refractivity contribution is 0.122. The molecular weight excluding hydrogens is 206 g/mol. The van der Waals surface area contributed by atoms with Gasteiger partial charge in [0.05, 0.1) is 13.2 Å². The molecule has 83 valence electrons. The van der Waals surface area contributed by atoms with Crippen LogP contribution in [0, 0.1) is 18.9 Å². The normalized spacial score (nSPS) is 9.25. The number of ether oxygens (including phenoxy) is 1. The third-order valence-corrected chi connectivity index (χ3v) is 1.62. The summed E-state index contributed by atoms with van der Waals surface area (Å²) in [7, 11) is 0. The number of aromatic nitrogens is 2. The Morgan fingerprint density at radius 2 is 2.31 bits per heavy atom. The average Bonchev–Trinajstić information content (AvgIpc) is 2.30. The molecule has 0 spiro atoms. The maximum atomic E-state index is 11.5. The first-order valence-electron chi connectivity index (χ1n) is 4.76. The fourth-order valence-electron chi connectivity index (χ4n) is 0.984. The first-order valence-corrected chi connectivity index (χ1v) is 4.76. The van der Waals surface area contributed by atoms with Crippen LogP contribution in [0.5, 0.6) is 0 Å². The molecule has 0 atom stereocenters. The number of carbonyl (C=O) groups excluding carboxylic acids is 1. The van der Waals surface area contributed by atoms with Crippen LogP contribution in [0.3, 0.4) is 0 Å². The van der Waals surface area contributed by atoms with Crippen molar-refractivity contribution < 1.29 is 9.53 Å². The molecule has 0 fully saturated rings. The van der Waals surface area contributed by atoms with E-state index >= 15 is 0 Å². The monoisotopic (exact) mass is 218 g/mol. The van der Waals surface area contributed by atoms with Gasteiger partial charge in [-0.05, 0) is 13.0 Å². The zero-order chi connectivity index (χ0) is 11.8. The van der Waals surface area contributed by atoms with E-state index in [1.54, 1.807) is 25.4 Å². The van der Waals surface area contributed by atoms with E-state index in [4.69, 9.17) is 11.2 Å². The molecule has 1 rings (SSSR count). The van der Waals surface area contributed by atoms with E-state index in [-0.39, 0.29) is 6.54 Å². The van der Waals surface area contributed by atoms with Crippen LogP contribution in [-0.2, 0) is 4.74 Å². The fourth-order valence-corrected chi connectivity index (χ4v) is 0.984. The van der Waals surface area contributed by atoms with Crippen LogP contribution in [0.25, 0.3) is 0 Å². The van der Waals surface area contributed by atoms with Crippen molar-refractivity contribution in [2.45, 2.75) is 6.92 Å². The number of hydrogen-bond donors (Lipinski definition) is 0. The van der Waals surface area contributed by atoms with Crippen molar-refractivity contribution in [3.63, 3.8) is 0 Å². The third-order valence-electron chi connectivity index (χ3n) is 1.62. The summed E-state index contributed by atoms with van der Waals surface area (Å²) in [4.78, 5) is 20.6. The molecule has 0 aliphatic heterocycles. The van der Waals surface area contributed by atoms with Crippen LogP contribution in [0.4, 0.5) is 4.79 Å². The quantitative estimate of drug-likeness (QED) is 0.709. The summed E-state index contributed by atoms with van der Waals surface area (Å²) >= 11 is 0. The molecular formula is C11H12N3O2. The van der Waals surface area contributed by atoms with Gasteiger partial charge in [0.1, 0.15) is 6.54 Å². The zero-order valence-electron chi connectivity index (χ0n) is 8.96. The minimum absolute atomic E-state index is 0.122. The highest BCUT2D eigenvalue weighted by Gasteiger charge is 2.15. The van der Waals surface area contributed by atoms with Gasteiger partial charge in [-0.2, -0.15) is 0 Å². The summed E-state index contributed by atoms with van der Waals surface area (Å²) in [5, 5.41) is 0. The molecule has 0 unspecified atom stereocenters. The van der Waals surface area contributed by atoms with Crippen LogP contribution in [0.15, 0.2) is 18.5 Å². The van der Waals surface area contributed by atoms with Gasteiger partial charge in [-0.15, -0.1) is 6.42 Å². The average molecular weight is 218 g/mol. The third kappa shape index (κ3) is 3.58. The molecule has 1 heterocycles. The lowest BCUT2D eigenvalue weighted by Gasteiger charge is -2.17. The standard InChI is InChI=1S/C11H12N3O2/c1-3-8-14(11(15)16-4-2)9-10-12-6-5-7-13-10/h1,5-7,9H,4,8H2,2H3. The van der Waals surface area contributed by atoms with Gasteiger partial charge in [-0.25, -0.2) is 14.8 Å². The molecule has 0 aromatic carbocycles. The number of nitrogens with zero attached hydrogens (tertiary/aromatic N) is 3. The summed E-state index contributed by atoms with van der Waals surface area (Å²) < 4.78 is 4.83. The van der Waals surface area contributed by atoms with Crippen LogP contribution < -0.4 is 0 Å². The number of carbonyl (C=O) groups is 1. The minimum atomic E-state index is -0.507. The maximum Gasteiger partial charge on any atom is 0.411 e. The van der Waals surface area contributed by atoms with Gasteiger partial charge in [0.25, 0.3) is 0 Å². The molecule has 0 N–H and O–H groups in total. The van der Waals surface area contributed by atoms with Crippen molar-refractivity contribution in [3.8, 4) is 12.3 Å². The largest absolute Gasteiger partial charge is 0.450 e. The molecule has 16 heavy (non-hydrogen) atoms. The Balaban J connectivity index is 2.65. The minimum Gasteiger partial charge on any atom is -0.450 e. The smallest absolute Gasteiger partial charge is 0.411 e. The first-order chi connectivity index (χ1) is 7.77. The number of hydrogen-bond acceptors (Lipinski definition) is 4. The SMILES string of the molecule is C#CCN([CH]c1ncccn1)C(=O)OCC. The van der Waals surface area contributed by atoms with Gasteiger partial charge >= 0.3 is 6.09 Å². The molecule has 0 saturated heterocycles. The van der Waals surface area contributed by atoms with Gasteiger partial charge in [0, 0.05) is 12.4 Å². The Bertz CT molecular complexity index is 373. The van der Waals surface area contributed by atoms with E-state index in [0.717, 1.165) is 0 Å². The highest BCUT2D eigenvalue weighted by molar-refractivity contribution is 5.69. The molecule has 0 aliphatic carbocycles. The predicted molar refractivity (Wildman–Crippen MR) is 58.0 cm³/mol. The molecule has 5 nitrogen and oxygen atoms in total. The molecule has 1 aromatic rings. The second-order valence-electron chi connectivity index (χ2n) is 2.77. The lowest BCUT2D eigenvalue weighted by Crippen LogP contribution is -2.30. The number of amides is 1. The van der Waals surface area contributed by atoms with E-state index in [9.17, 15) is 4.79 Å². The van der Waals surface area contributed by atoms with Crippen molar-refractivity contribution in [2.24, 2.45) is 0 Å². The fraction of sp³-hybridized carbons (Fsp3) is 0.273. The van der Waals surface area contributed by atoms with Crippen molar-refractivity contribution in [2.75, 3.05) is 13.2 Å². The molecule has 1 aromatic heterocycles. The molecule has 0 saturated carbocycles. The number of terminal acetylenes is 1. The summed E-state index contributed by atoms with van der Waals surface area (Å²) in [6.45, 7) is 3.60. The van der Waals surface area contributed by atoms with Crippen LogP contribution in [0.2, 0.25) is 0 Å². The Morgan fingerprint density at radius 3 is 2.88 bits per heavy atom. The van der Waals surface area contributed by atoms with E-state index in [1.807, 2.05) is 0 Å². The second-order valence-corrected chi connectivity index (χ2v) is 2.77. The van der Waals surface area contributed by atoms with Gasteiger partial charge in [-0.3, -0.25) is 4.90 Å². The lowest BCUT2D eigenvalue weighted by atomic mass is 10.4. The van der Waals surface area contributed by atoms with Gasteiger partial charge < -0.3 is 4.74 Å². The summed E-state index contributed by atoms with van der Waals surface area (Å²) in [5.41, 5.74) is 0. The first kappa shape index (κ1) is 12.0. The van der Waals surface area contributed by atoms with Gasteiger partial charge in [-0.1, -0.05) is 5.92 Å². The summed E-state index contributed by atoms with van der Waals surface area (Å²) in [5.74, 6) is 2.77. The highest BCUT2D eigenvalue weighted by Crippen LogP contribution is 2.02. The number of rotatable bonds is 4. The van der Waals surface area contributed by atoms with E-state index in [1.165, 1.54) is 11.4 Å². The van der Waals surface area contributed by atoms with Gasteiger partial charge in [0.15, 0.2) is 5.82 Å². The molecule has 0 bridgehead atoms.